The van der Waals surface area contributed by atoms with Crippen molar-refractivity contribution >= 4 is 17.2 Å². The van der Waals surface area contributed by atoms with Gasteiger partial charge in [-0.05, 0) is 105 Å². The normalized spacial score (nSPS) is 15.1. The molecule has 11 heteroatoms. The van der Waals surface area contributed by atoms with Gasteiger partial charge in [-0.3, -0.25) is 0 Å². The Morgan fingerprint density at radius 1 is 0.500 bits per heavy atom. The molecule has 0 fully saturated rings. The van der Waals surface area contributed by atoms with Crippen molar-refractivity contribution in [1.82, 2.24) is 0 Å². The Morgan fingerprint density at radius 2 is 0.957 bits per heavy atom. The molecule has 4 aliphatic rings. The second kappa shape index (κ2) is 25.6. The summed E-state index contributed by atoms with van der Waals surface area (Å²) in [6.45, 7) is 40.2. The molecule has 0 saturated carbocycles. The first kappa shape index (κ1) is 57.6. The van der Waals surface area contributed by atoms with Crippen LogP contribution in [-0.4, -0.2) is 52.9 Å². The van der Waals surface area contributed by atoms with Gasteiger partial charge in [0.15, 0.2) is 0 Å². The standard InChI is InChI=1S/C59H88O9P2/c1-17-19-33-60-37-39-62-35-31-47-48(32-36-63-40-38-61-34-20-18-2)52-30-27-49(47)59(15,16)43-21-25-46(26-22-43)64-69(65-52)68-70(66-53-28-23-44(55(3,4)5)41-50(53)57(9,10)11)67-54-29-24-45(56(6,7)8)42-51(54)58(12,13)14/h21-30,41-42H,17-20,31-40H2,1-16H3. The van der Waals surface area contributed by atoms with Crippen molar-refractivity contribution in [3.63, 3.8) is 0 Å². The Labute approximate surface area is 426 Å². The lowest BCUT2D eigenvalue weighted by molar-refractivity contribution is 0.0465. The molecule has 4 heterocycles. The minimum absolute atomic E-state index is 0.0651. The Balaban J connectivity index is 1.61. The number of hydrogen-bond donors (Lipinski definition) is 0. The quantitative estimate of drug-likeness (QED) is 0.0503. The maximum Gasteiger partial charge on any atom is 0.471 e. The van der Waals surface area contributed by atoms with Crippen LogP contribution >= 0.6 is 17.2 Å². The zero-order chi connectivity index (χ0) is 51.3. The van der Waals surface area contributed by atoms with Crippen molar-refractivity contribution in [2.45, 2.75) is 176 Å². The summed E-state index contributed by atoms with van der Waals surface area (Å²) in [6, 6.07) is 25.5. The Hall–Kier alpha value is -3.26. The topological polar surface area (TPSA) is 83.1 Å². The van der Waals surface area contributed by atoms with Crippen LogP contribution in [-0.2, 0) is 63.2 Å². The van der Waals surface area contributed by atoms with Crippen LogP contribution in [0.5, 0.6) is 23.0 Å². The Kier molecular flexibility index (Phi) is 21.1. The minimum Gasteiger partial charge on any atom is -0.417 e. The molecule has 0 aromatic heterocycles. The summed E-state index contributed by atoms with van der Waals surface area (Å²) in [6.07, 6.45) is 5.54. The van der Waals surface area contributed by atoms with E-state index in [0.717, 1.165) is 66.7 Å². The molecule has 9 nitrogen and oxygen atoms in total. The van der Waals surface area contributed by atoms with E-state index in [1.807, 2.05) is 12.1 Å². The molecule has 4 aliphatic heterocycles. The summed E-state index contributed by atoms with van der Waals surface area (Å²) in [4.78, 5) is 0. The first-order chi connectivity index (χ1) is 32.9. The van der Waals surface area contributed by atoms with Crippen LogP contribution in [0.2, 0.25) is 0 Å². The van der Waals surface area contributed by atoms with Crippen LogP contribution in [0, 0.1) is 0 Å². The van der Waals surface area contributed by atoms with Crippen molar-refractivity contribution in [1.29, 1.82) is 0 Å². The zero-order valence-electron chi connectivity index (χ0n) is 45.9. The summed E-state index contributed by atoms with van der Waals surface area (Å²) >= 11 is 0. The fraction of sp³-hybridized carbons (Fsp3) is 0.593. The fourth-order valence-corrected chi connectivity index (χ4v) is 10.6. The van der Waals surface area contributed by atoms with Gasteiger partial charge in [0.1, 0.15) is 23.0 Å². The zero-order valence-corrected chi connectivity index (χ0v) is 47.7. The predicted molar refractivity (Wildman–Crippen MR) is 291 cm³/mol. The van der Waals surface area contributed by atoms with E-state index in [9.17, 15) is 0 Å². The minimum atomic E-state index is -2.21. The SMILES string of the molecule is CCCCOCCOCCc1c2ccc(c1CCOCCOCCCC)C(C)(C)c1ccc(cc1)OP(OP(Oc1ccc(C(C)(C)C)cc1C(C)(C)C)Oc1ccc(C(C)(C)C)cc1C(C)(C)C)O2. The van der Waals surface area contributed by atoms with Gasteiger partial charge in [-0.2, -0.15) is 4.31 Å². The molecule has 388 valence electrons. The van der Waals surface area contributed by atoms with Crippen molar-refractivity contribution < 1.29 is 41.4 Å². The predicted octanol–water partition coefficient (Wildman–Crippen LogP) is 16.4. The Bertz CT molecular complexity index is 2150. The molecule has 8 rings (SSSR count). The average Bonchev–Trinajstić information content (AvgIpc) is 3.27. The van der Waals surface area contributed by atoms with Gasteiger partial charge >= 0.3 is 17.2 Å². The van der Waals surface area contributed by atoms with Crippen LogP contribution in [0.3, 0.4) is 0 Å². The molecular weight excluding hydrogens is 915 g/mol. The van der Waals surface area contributed by atoms with E-state index in [4.69, 9.17) is 41.4 Å². The van der Waals surface area contributed by atoms with Crippen molar-refractivity contribution in [2.24, 2.45) is 0 Å². The van der Waals surface area contributed by atoms with Crippen LogP contribution in [0.25, 0.3) is 0 Å². The summed E-state index contributed by atoms with van der Waals surface area (Å²) < 4.78 is 59.3. The van der Waals surface area contributed by atoms with Gasteiger partial charge in [0, 0.05) is 35.3 Å². The summed E-state index contributed by atoms with van der Waals surface area (Å²) in [5, 5.41) is 0. The van der Waals surface area contributed by atoms with E-state index in [0.29, 0.717) is 75.5 Å². The largest absolute Gasteiger partial charge is 0.471 e. The third-order valence-corrected chi connectivity index (χ3v) is 15.3. The second-order valence-electron chi connectivity index (χ2n) is 23.2. The molecule has 0 aliphatic carbocycles. The van der Waals surface area contributed by atoms with Gasteiger partial charge in [0.25, 0.3) is 0 Å². The molecule has 0 amide bonds. The highest BCUT2D eigenvalue weighted by Gasteiger charge is 2.36. The lowest BCUT2D eigenvalue weighted by atomic mass is 9.74. The second-order valence-corrected chi connectivity index (χ2v) is 25.5. The highest BCUT2D eigenvalue weighted by atomic mass is 31.2. The molecule has 1 atom stereocenters. The van der Waals surface area contributed by atoms with E-state index in [1.54, 1.807) is 0 Å². The first-order valence-corrected chi connectivity index (χ1v) is 28.0. The molecule has 4 bridgehead atoms. The first-order valence-electron chi connectivity index (χ1n) is 25.8. The number of rotatable bonds is 24. The summed E-state index contributed by atoms with van der Waals surface area (Å²) in [7, 11) is -4.41. The number of unbranched alkanes of at least 4 members (excludes halogenated alkanes) is 2. The van der Waals surface area contributed by atoms with Crippen LogP contribution in [0.15, 0.2) is 72.8 Å². The third-order valence-electron chi connectivity index (χ3n) is 12.8. The molecule has 0 N–H and O–H groups in total. The van der Waals surface area contributed by atoms with E-state index in [-0.39, 0.29) is 27.1 Å². The van der Waals surface area contributed by atoms with Crippen LogP contribution in [0.1, 0.15) is 181 Å². The van der Waals surface area contributed by atoms with Gasteiger partial charge in [-0.15, -0.1) is 0 Å². The maximum atomic E-state index is 7.10. The molecular formula is C59H88O9P2. The van der Waals surface area contributed by atoms with Crippen molar-refractivity contribution in [3.05, 3.63) is 117 Å². The lowest BCUT2D eigenvalue weighted by Crippen LogP contribution is -2.24. The van der Waals surface area contributed by atoms with E-state index < -0.39 is 17.2 Å². The highest BCUT2D eigenvalue weighted by molar-refractivity contribution is 7.56. The van der Waals surface area contributed by atoms with Crippen molar-refractivity contribution in [3.8, 4) is 23.0 Å². The van der Waals surface area contributed by atoms with E-state index in [1.165, 1.54) is 16.7 Å². The molecule has 4 aromatic carbocycles. The Morgan fingerprint density at radius 3 is 1.40 bits per heavy atom. The lowest BCUT2D eigenvalue weighted by Gasteiger charge is -2.33. The van der Waals surface area contributed by atoms with Gasteiger partial charge in [0.05, 0.1) is 39.6 Å². The number of benzene rings is 4. The smallest absolute Gasteiger partial charge is 0.417 e. The van der Waals surface area contributed by atoms with Gasteiger partial charge in [0.2, 0.25) is 0 Å². The molecule has 0 radical (unpaired) electrons. The molecule has 4 aromatic rings. The third kappa shape index (κ3) is 16.6. The van der Waals surface area contributed by atoms with Gasteiger partial charge in [-0.1, -0.05) is 166 Å². The van der Waals surface area contributed by atoms with Gasteiger partial charge in [-0.25, -0.2) is 0 Å². The van der Waals surface area contributed by atoms with Crippen LogP contribution in [0.4, 0.5) is 0 Å². The average molecular weight is 1000 g/mol. The number of ether oxygens (including phenoxy) is 4. The van der Waals surface area contributed by atoms with Crippen LogP contribution < -0.4 is 18.1 Å². The fourth-order valence-electron chi connectivity index (χ4n) is 8.29. The summed E-state index contributed by atoms with van der Waals surface area (Å²) in [5.74, 6) is 2.65. The summed E-state index contributed by atoms with van der Waals surface area (Å²) in [5.41, 5.74) is 8.10. The number of hydrogen-bond acceptors (Lipinski definition) is 9. The van der Waals surface area contributed by atoms with E-state index >= 15 is 0 Å². The molecule has 1 unspecified atom stereocenters. The maximum absolute atomic E-state index is 7.10. The molecule has 0 spiro atoms. The molecule has 0 saturated heterocycles. The molecule has 70 heavy (non-hydrogen) atoms. The monoisotopic (exact) mass is 1000 g/mol. The van der Waals surface area contributed by atoms with Crippen molar-refractivity contribution in [2.75, 3.05) is 52.9 Å². The highest BCUT2D eigenvalue weighted by Crippen LogP contribution is 2.58. The van der Waals surface area contributed by atoms with E-state index in [2.05, 4.69) is 171 Å². The van der Waals surface area contributed by atoms with Gasteiger partial charge < -0.3 is 37.0 Å².